The summed E-state index contributed by atoms with van der Waals surface area (Å²) in [5, 5.41) is 3.81. The SMILES string of the molecule is Nc1ccc(NC(=O)CCCOc2ccc(Cl)cc2Cl)cc1. The van der Waals surface area contributed by atoms with Crippen molar-refractivity contribution in [3.05, 3.63) is 52.5 Å². The molecule has 6 heteroatoms. The molecule has 0 aliphatic carbocycles. The van der Waals surface area contributed by atoms with Gasteiger partial charge in [0.15, 0.2) is 0 Å². The van der Waals surface area contributed by atoms with E-state index >= 15 is 0 Å². The molecule has 0 aliphatic rings. The second-order valence-corrected chi connectivity index (χ2v) is 5.54. The third kappa shape index (κ3) is 5.13. The summed E-state index contributed by atoms with van der Waals surface area (Å²) >= 11 is 11.8. The number of hydrogen-bond donors (Lipinski definition) is 2. The summed E-state index contributed by atoms with van der Waals surface area (Å²) in [5.74, 6) is 0.487. The van der Waals surface area contributed by atoms with Gasteiger partial charge in [0.05, 0.1) is 11.6 Å². The molecule has 116 valence electrons. The van der Waals surface area contributed by atoms with Gasteiger partial charge in [0.25, 0.3) is 0 Å². The molecule has 0 spiro atoms. The van der Waals surface area contributed by atoms with E-state index in [0.29, 0.717) is 40.9 Å². The van der Waals surface area contributed by atoms with E-state index < -0.39 is 0 Å². The number of amides is 1. The minimum absolute atomic E-state index is 0.0735. The molecule has 2 aromatic rings. The van der Waals surface area contributed by atoms with Crippen LogP contribution < -0.4 is 15.8 Å². The fourth-order valence-corrected chi connectivity index (χ4v) is 2.26. The maximum absolute atomic E-state index is 11.8. The number of carbonyl (C=O) groups is 1. The lowest BCUT2D eigenvalue weighted by Crippen LogP contribution is -2.12. The van der Waals surface area contributed by atoms with E-state index in [9.17, 15) is 4.79 Å². The Balaban J connectivity index is 1.72. The highest BCUT2D eigenvalue weighted by Gasteiger charge is 2.05. The Morgan fingerprint density at radius 1 is 1.14 bits per heavy atom. The molecule has 0 heterocycles. The van der Waals surface area contributed by atoms with Crippen LogP contribution in [-0.2, 0) is 4.79 Å². The fraction of sp³-hybridized carbons (Fsp3) is 0.188. The predicted molar refractivity (Wildman–Crippen MR) is 90.7 cm³/mol. The number of nitrogens with one attached hydrogen (secondary N) is 1. The van der Waals surface area contributed by atoms with Crippen LogP contribution in [0.2, 0.25) is 10.0 Å². The molecule has 0 aromatic heterocycles. The zero-order valence-corrected chi connectivity index (χ0v) is 13.3. The van der Waals surface area contributed by atoms with Gasteiger partial charge in [-0.2, -0.15) is 0 Å². The van der Waals surface area contributed by atoms with Gasteiger partial charge in [0.2, 0.25) is 5.91 Å². The largest absolute Gasteiger partial charge is 0.492 e. The van der Waals surface area contributed by atoms with Gasteiger partial charge in [-0.3, -0.25) is 4.79 Å². The topological polar surface area (TPSA) is 64.3 Å². The van der Waals surface area contributed by atoms with E-state index in [-0.39, 0.29) is 5.91 Å². The zero-order valence-electron chi connectivity index (χ0n) is 11.8. The van der Waals surface area contributed by atoms with Crippen LogP contribution in [0.1, 0.15) is 12.8 Å². The molecule has 0 atom stereocenters. The molecule has 3 N–H and O–H groups in total. The highest BCUT2D eigenvalue weighted by atomic mass is 35.5. The van der Waals surface area contributed by atoms with Crippen molar-refractivity contribution in [2.45, 2.75) is 12.8 Å². The molecule has 0 aliphatic heterocycles. The normalized spacial score (nSPS) is 10.3. The van der Waals surface area contributed by atoms with Gasteiger partial charge in [-0.25, -0.2) is 0 Å². The van der Waals surface area contributed by atoms with Crippen molar-refractivity contribution in [2.75, 3.05) is 17.7 Å². The van der Waals surface area contributed by atoms with E-state index in [4.69, 9.17) is 33.7 Å². The average molecular weight is 339 g/mol. The van der Waals surface area contributed by atoms with Gasteiger partial charge in [-0.15, -0.1) is 0 Å². The van der Waals surface area contributed by atoms with Crippen LogP contribution in [-0.4, -0.2) is 12.5 Å². The van der Waals surface area contributed by atoms with Gasteiger partial charge in [0.1, 0.15) is 5.75 Å². The Morgan fingerprint density at radius 2 is 1.86 bits per heavy atom. The minimum Gasteiger partial charge on any atom is -0.492 e. The summed E-state index contributed by atoms with van der Waals surface area (Å²) in [6, 6.07) is 12.0. The first kappa shape index (κ1) is 16.5. The minimum atomic E-state index is -0.0735. The van der Waals surface area contributed by atoms with Crippen LogP contribution in [0.15, 0.2) is 42.5 Å². The Morgan fingerprint density at radius 3 is 2.55 bits per heavy atom. The van der Waals surface area contributed by atoms with Gasteiger partial charge >= 0.3 is 0 Å². The average Bonchev–Trinajstić information content (AvgIpc) is 2.48. The summed E-state index contributed by atoms with van der Waals surface area (Å²) in [6.45, 7) is 0.399. The molecule has 4 nitrogen and oxygen atoms in total. The predicted octanol–water partition coefficient (Wildman–Crippen LogP) is 4.37. The van der Waals surface area contributed by atoms with E-state index in [1.807, 2.05) is 0 Å². The van der Waals surface area contributed by atoms with Crippen LogP contribution in [0.5, 0.6) is 5.75 Å². The Kier molecular flexibility index (Phi) is 5.92. The molecular formula is C16H16Cl2N2O2. The van der Waals surface area contributed by atoms with Crippen LogP contribution >= 0.6 is 23.2 Å². The van der Waals surface area contributed by atoms with Crippen LogP contribution in [0.25, 0.3) is 0 Å². The highest BCUT2D eigenvalue weighted by Crippen LogP contribution is 2.27. The number of nitrogen functional groups attached to an aromatic ring is 1. The first-order chi connectivity index (χ1) is 10.5. The summed E-state index contributed by atoms with van der Waals surface area (Å²) in [7, 11) is 0. The monoisotopic (exact) mass is 338 g/mol. The Bertz CT molecular complexity index is 645. The summed E-state index contributed by atoms with van der Waals surface area (Å²) in [5.41, 5.74) is 6.97. The van der Waals surface area contributed by atoms with E-state index in [0.717, 1.165) is 5.69 Å². The second kappa shape index (κ2) is 7.92. The number of rotatable bonds is 6. The molecule has 0 radical (unpaired) electrons. The van der Waals surface area contributed by atoms with Gasteiger partial charge in [-0.1, -0.05) is 23.2 Å². The Labute approximate surface area is 139 Å². The van der Waals surface area contributed by atoms with Crippen molar-refractivity contribution in [1.82, 2.24) is 0 Å². The number of anilines is 2. The number of hydrogen-bond acceptors (Lipinski definition) is 3. The first-order valence-electron chi connectivity index (χ1n) is 6.78. The van der Waals surface area contributed by atoms with Crippen LogP contribution in [0.3, 0.4) is 0 Å². The number of nitrogens with two attached hydrogens (primary N) is 1. The van der Waals surface area contributed by atoms with E-state index in [1.165, 1.54) is 0 Å². The molecule has 0 bridgehead atoms. The molecule has 1 amide bonds. The van der Waals surface area contributed by atoms with Crippen molar-refractivity contribution in [3.8, 4) is 5.75 Å². The fourth-order valence-electron chi connectivity index (χ4n) is 1.80. The lowest BCUT2D eigenvalue weighted by molar-refractivity contribution is -0.116. The standard InChI is InChI=1S/C16H16Cl2N2O2/c17-11-3-8-15(14(18)10-11)22-9-1-2-16(21)20-13-6-4-12(19)5-7-13/h3-8,10H,1-2,9,19H2,(H,20,21). The Hall–Kier alpha value is -1.91. The second-order valence-electron chi connectivity index (χ2n) is 4.70. The molecule has 2 aromatic carbocycles. The maximum atomic E-state index is 11.8. The van der Waals surface area contributed by atoms with Crippen LogP contribution in [0.4, 0.5) is 11.4 Å². The number of benzene rings is 2. The number of halogens is 2. The highest BCUT2D eigenvalue weighted by molar-refractivity contribution is 6.35. The molecular weight excluding hydrogens is 323 g/mol. The molecule has 0 unspecified atom stereocenters. The van der Waals surface area contributed by atoms with Crippen molar-refractivity contribution in [2.24, 2.45) is 0 Å². The molecule has 0 saturated heterocycles. The lowest BCUT2D eigenvalue weighted by Gasteiger charge is -2.08. The first-order valence-corrected chi connectivity index (χ1v) is 7.53. The maximum Gasteiger partial charge on any atom is 0.224 e. The van der Waals surface area contributed by atoms with Crippen molar-refractivity contribution in [3.63, 3.8) is 0 Å². The summed E-state index contributed by atoms with van der Waals surface area (Å²) < 4.78 is 5.52. The quantitative estimate of drug-likeness (QED) is 0.607. The number of ether oxygens (including phenoxy) is 1. The van der Waals surface area contributed by atoms with Gasteiger partial charge < -0.3 is 15.8 Å². The number of carbonyl (C=O) groups excluding carboxylic acids is 1. The summed E-state index contributed by atoms with van der Waals surface area (Å²) in [6.07, 6.45) is 0.940. The summed E-state index contributed by atoms with van der Waals surface area (Å²) in [4.78, 5) is 11.8. The van der Waals surface area contributed by atoms with Crippen molar-refractivity contribution >= 4 is 40.5 Å². The van der Waals surface area contributed by atoms with Gasteiger partial charge in [-0.05, 0) is 48.9 Å². The van der Waals surface area contributed by atoms with Crippen LogP contribution in [0, 0.1) is 0 Å². The van der Waals surface area contributed by atoms with Crippen molar-refractivity contribution in [1.29, 1.82) is 0 Å². The smallest absolute Gasteiger partial charge is 0.224 e. The molecule has 2 rings (SSSR count). The molecule has 0 fully saturated rings. The van der Waals surface area contributed by atoms with E-state index in [1.54, 1.807) is 42.5 Å². The molecule has 22 heavy (non-hydrogen) atoms. The third-order valence-electron chi connectivity index (χ3n) is 2.89. The zero-order chi connectivity index (χ0) is 15.9. The van der Waals surface area contributed by atoms with Crippen molar-refractivity contribution < 1.29 is 9.53 Å². The van der Waals surface area contributed by atoms with Gasteiger partial charge in [0, 0.05) is 22.8 Å². The van der Waals surface area contributed by atoms with E-state index in [2.05, 4.69) is 5.32 Å². The molecule has 0 saturated carbocycles. The lowest BCUT2D eigenvalue weighted by atomic mass is 10.2. The third-order valence-corrected chi connectivity index (χ3v) is 3.42.